The Balaban J connectivity index is 1.62. The van der Waals surface area contributed by atoms with Gasteiger partial charge in [0.05, 0.1) is 12.1 Å². The molecule has 0 aliphatic carbocycles. The standard InChI is InChI=1S/C16H16BrN3O2S/c17-11-4-1-3-10(7-11)16-19-12(9-23-16)8-14(21)20-13-5-2-6-18-15(13)22/h1,3-4,7,9,13H,2,5-6,8H2,(H,18,22)(H,20,21). The third kappa shape index (κ3) is 4.17. The number of nitrogens with zero attached hydrogens (tertiary/aromatic N) is 1. The van der Waals surface area contributed by atoms with Crippen LogP contribution in [0.1, 0.15) is 18.5 Å². The minimum absolute atomic E-state index is 0.0993. The number of hydrogen-bond donors (Lipinski definition) is 2. The number of hydrogen-bond acceptors (Lipinski definition) is 4. The molecule has 0 radical (unpaired) electrons. The van der Waals surface area contributed by atoms with E-state index in [1.807, 2.05) is 29.6 Å². The summed E-state index contributed by atoms with van der Waals surface area (Å²) in [5.41, 5.74) is 1.74. The molecule has 3 rings (SSSR count). The monoisotopic (exact) mass is 393 g/mol. The smallest absolute Gasteiger partial charge is 0.242 e. The van der Waals surface area contributed by atoms with Gasteiger partial charge in [-0.25, -0.2) is 4.98 Å². The van der Waals surface area contributed by atoms with Crippen LogP contribution in [0.25, 0.3) is 10.6 Å². The van der Waals surface area contributed by atoms with Gasteiger partial charge in [-0.2, -0.15) is 0 Å². The van der Waals surface area contributed by atoms with E-state index in [0.29, 0.717) is 13.0 Å². The highest BCUT2D eigenvalue weighted by atomic mass is 79.9. The number of carbonyl (C=O) groups excluding carboxylic acids is 2. The fourth-order valence-electron chi connectivity index (χ4n) is 2.46. The lowest BCUT2D eigenvalue weighted by Gasteiger charge is -2.22. The van der Waals surface area contributed by atoms with E-state index < -0.39 is 6.04 Å². The van der Waals surface area contributed by atoms with Gasteiger partial charge in [-0.05, 0) is 25.0 Å². The topological polar surface area (TPSA) is 71.1 Å². The summed E-state index contributed by atoms with van der Waals surface area (Å²) in [6.07, 6.45) is 1.77. The molecule has 2 amide bonds. The van der Waals surface area contributed by atoms with Crippen molar-refractivity contribution in [1.82, 2.24) is 15.6 Å². The Morgan fingerprint density at radius 2 is 2.35 bits per heavy atom. The van der Waals surface area contributed by atoms with Gasteiger partial charge >= 0.3 is 0 Å². The van der Waals surface area contributed by atoms with Gasteiger partial charge in [0.2, 0.25) is 11.8 Å². The lowest BCUT2D eigenvalue weighted by molar-refractivity contribution is -0.129. The second-order valence-corrected chi connectivity index (χ2v) is 7.16. The van der Waals surface area contributed by atoms with Gasteiger partial charge in [-0.3, -0.25) is 9.59 Å². The number of nitrogens with one attached hydrogen (secondary N) is 2. The van der Waals surface area contributed by atoms with E-state index in [-0.39, 0.29) is 18.2 Å². The SMILES string of the molecule is O=C(Cc1csc(-c2cccc(Br)c2)n1)NC1CCCNC1=O. The molecule has 7 heteroatoms. The van der Waals surface area contributed by atoms with Crippen LogP contribution in [-0.2, 0) is 16.0 Å². The second kappa shape index (κ2) is 7.23. The predicted octanol–water partition coefficient (Wildman–Crippen LogP) is 2.51. The maximum absolute atomic E-state index is 12.1. The number of piperidine rings is 1. The quantitative estimate of drug-likeness (QED) is 0.837. The first-order valence-electron chi connectivity index (χ1n) is 7.39. The Morgan fingerprint density at radius 1 is 1.48 bits per heavy atom. The van der Waals surface area contributed by atoms with Crippen LogP contribution in [-0.4, -0.2) is 29.4 Å². The van der Waals surface area contributed by atoms with Gasteiger partial charge in [-0.1, -0.05) is 28.1 Å². The molecule has 2 aromatic rings. The van der Waals surface area contributed by atoms with Crippen molar-refractivity contribution in [2.24, 2.45) is 0 Å². The molecule has 23 heavy (non-hydrogen) atoms. The molecular formula is C16H16BrN3O2S. The normalized spacial score (nSPS) is 17.6. The average Bonchev–Trinajstić information content (AvgIpc) is 2.98. The lowest BCUT2D eigenvalue weighted by atomic mass is 10.1. The molecule has 1 aliphatic rings. The van der Waals surface area contributed by atoms with Gasteiger partial charge in [0, 0.05) is 22.0 Å². The molecule has 1 unspecified atom stereocenters. The third-order valence-corrected chi connectivity index (χ3v) is 5.02. The maximum Gasteiger partial charge on any atom is 0.242 e. The Labute approximate surface area is 146 Å². The maximum atomic E-state index is 12.1. The summed E-state index contributed by atoms with van der Waals surface area (Å²) in [4.78, 5) is 28.3. The molecule has 1 atom stereocenters. The van der Waals surface area contributed by atoms with Crippen molar-refractivity contribution in [2.45, 2.75) is 25.3 Å². The number of aromatic nitrogens is 1. The average molecular weight is 394 g/mol. The van der Waals surface area contributed by atoms with Crippen molar-refractivity contribution in [3.8, 4) is 10.6 Å². The molecule has 0 spiro atoms. The van der Waals surface area contributed by atoms with Crippen LogP contribution < -0.4 is 10.6 Å². The van der Waals surface area contributed by atoms with Crippen LogP contribution in [0.15, 0.2) is 34.1 Å². The minimum Gasteiger partial charge on any atom is -0.354 e. The van der Waals surface area contributed by atoms with E-state index in [0.717, 1.165) is 27.2 Å². The molecule has 1 aromatic heterocycles. The van der Waals surface area contributed by atoms with Crippen molar-refractivity contribution in [3.63, 3.8) is 0 Å². The van der Waals surface area contributed by atoms with Crippen LogP contribution in [0.5, 0.6) is 0 Å². The van der Waals surface area contributed by atoms with Crippen LogP contribution in [0.3, 0.4) is 0 Å². The fraction of sp³-hybridized carbons (Fsp3) is 0.312. The molecule has 1 aromatic carbocycles. The predicted molar refractivity (Wildman–Crippen MR) is 93.1 cm³/mol. The van der Waals surface area contributed by atoms with Crippen molar-refractivity contribution in [1.29, 1.82) is 0 Å². The Bertz CT molecular complexity index is 732. The van der Waals surface area contributed by atoms with Crippen molar-refractivity contribution >= 4 is 39.1 Å². The first kappa shape index (κ1) is 16.1. The van der Waals surface area contributed by atoms with E-state index in [1.54, 1.807) is 0 Å². The van der Waals surface area contributed by atoms with Crippen molar-refractivity contribution in [3.05, 3.63) is 39.8 Å². The first-order valence-corrected chi connectivity index (χ1v) is 9.06. The number of benzene rings is 1. The summed E-state index contributed by atoms with van der Waals surface area (Å²) in [5, 5.41) is 8.31. The largest absolute Gasteiger partial charge is 0.354 e. The number of halogens is 1. The summed E-state index contributed by atoms with van der Waals surface area (Å²) in [6, 6.07) is 7.48. The lowest BCUT2D eigenvalue weighted by Crippen LogP contribution is -2.50. The van der Waals surface area contributed by atoms with Gasteiger partial charge < -0.3 is 10.6 Å². The minimum atomic E-state index is -0.417. The summed E-state index contributed by atoms with van der Waals surface area (Å²) in [5.74, 6) is -0.268. The van der Waals surface area contributed by atoms with Gasteiger partial charge in [0.15, 0.2) is 0 Å². The highest BCUT2D eigenvalue weighted by molar-refractivity contribution is 9.10. The molecule has 120 valence electrons. The van der Waals surface area contributed by atoms with E-state index in [4.69, 9.17) is 0 Å². The van der Waals surface area contributed by atoms with Crippen molar-refractivity contribution < 1.29 is 9.59 Å². The van der Waals surface area contributed by atoms with E-state index >= 15 is 0 Å². The highest BCUT2D eigenvalue weighted by Gasteiger charge is 2.23. The van der Waals surface area contributed by atoms with Crippen LogP contribution in [0, 0.1) is 0 Å². The van der Waals surface area contributed by atoms with Crippen LogP contribution >= 0.6 is 27.3 Å². The third-order valence-electron chi connectivity index (χ3n) is 3.59. The molecule has 1 saturated heterocycles. The molecule has 2 N–H and O–H groups in total. The molecule has 5 nitrogen and oxygen atoms in total. The number of thiazole rings is 1. The summed E-state index contributed by atoms with van der Waals surface area (Å²) in [6.45, 7) is 0.688. The Hall–Kier alpha value is -1.73. The van der Waals surface area contributed by atoms with Gasteiger partial charge in [0.25, 0.3) is 0 Å². The molecule has 0 saturated carbocycles. The number of carbonyl (C=O) groups is 2. The van der Waals surface area contributed by atoms with Crippen LogP contribution in [0.2, 0.25) is 0 Å². The van der Waals surface area contributed by atoms with E-state index in [9.17, 15) is 9.59 Å². The Morgan fingerprint density at radius 3 is 3.13 bits per heavy atom. The Kier molecular flexibility index (Phi) is 5.07. The highest BCUT2D eigenvalue weighted by Crippen LogP contribution is 2.26. The summed E-state index contributed by atoms with van der Waals surface area (Å²) >= 11 is 4.95. The summed E-state index contributed by atoms with van der Waals surface area (Å²) < 4.78 is 0.993. The first-order chi connectivity index (χ1) is 11.1. The number of amides is 2. The zero-order valence-electron chi connectivity index (χ0n) is 12.3. The zero-order chi connectivity index (χ0) is 16.2. The van der Waals surface area contributed by atoms with Gasteiger partial charge in [0.1, 0.15) is 11.0 Å². The van der Waals surface area contributed by atoms with Crippen LogP contribution in [0.4, 0.5) is 0 Å². The molecule has 2 heterocycles. The fourth-order valence-corrected chi connectivity index (χ4v) is 3.68. The van der Waals surface area contributed by atoms with Gasteiger partial charge in [-0.15, -0.1) is 11.3 Å². The molecule has 1 fully saturated rings. The molecule has 1 aliphatic heterocycles. The summed E-state index contributed by atoms with van der Waals surface area (Å²) in [7, 11) is 0. The van der Waals surface area contributed by atoms with E-state index in [2.05, 4.69) is 31.5 Å². The molecular weight excluding hydrogens is 378 g/mol. The molecule has 0 bridgehead atoms. The number of rotatable bonds is 4. The second-order valence-electron chi connectivity index (χ2n) is 5.38. The van der Waals surface area contributed by atoms with Crippen molar-refractivity contribution in [2.75, 3.05) is 6.54 Å². The zero-order valence-corrected chi connectivity index (χ0v) is 14.7. The van der Waals surface area contributed by atoms with E-state index in [1.165, 1.54) is 11.3 Å².